The van der Waals surface area contributed by atoms with Crippen molar-refractivity contribution in [2.75, 3.05) is 0 Å². The smallest absolute Gasteiger partial charge is 0.0294 e. The molecule has 1 nitrogen and oxygen atoms in total. The summed E-state index contributed by atoms with van der Waals surface area (Å²) in [4.78, 5) is 0. The van der Waals surface area contributed by atoms with Crippen LogP contribution in [-0.2, 0) is 6.42 Å². The number of terminal acetylenes is 1. The minimum absolute atomic E-state index is 0.356. The average molecular weight is 215 g/mol. The van der Waals surface area contributed by atoms with Gasteiger partial charge >= 0.3 is 0 Å². The van der Waals surface area contributed by atoms with E-state index in [0.717, 1.165) is 12.8 Å². The van der Waals surface area contributed by atoms with E-state index in [0.29, 0.717) is 12.1 Å². The molecule has 0 saturated carbocycles. The van der Waals surface area contributed by atoms with Crippen molar-refractivity contribution in [1.82, 2.24) is 5.32 Å². The summed E-state index contributed by atoms with van der Waals surface area (Å²) in [6, 6.07) is 9.50. The van der Waals surface area contributed by atoms with Gasteiger partial charge in [0.1, 0.15) is 0 Å². The number of benzene rings is 1. The Morgan fingerprint density at radius 2 is 1.88 bits per heavy atom. The highest BCUT2D eigenvalue weighted by molar-refractivity contribution is 5.24. The van der Waals surface area contributed by atoms with Crippen molar-refractivity contribution in [3.05, 3.63) is 35.4 Å². The highest BCUT2D eigenvalue weighted by atomic mass is 14.9. The molecule has 0 bridgehead atoms. The Morgan fingerprint density at radius 3 is 2.38 bits per heavy atom. The van der Waals surface area contributed by atoms with Gasteiger partial charge in [-0.15, -0.1) is 12.3 Å². The summed E-state index contributed by atoms with van der Waals surface area (Å²) in [6.07, 6.45) is 7.16. The van der Waals surface area contributed by atoms with Crippen LogP contribution in [0.15, 0.2) is 24.3 Å². The molecule has 0 amide bonds. The molecule has 2 unspecified atom stereocenters. The standard InChI is InChI=1S/C15H21N/c1-5-7-12(3)16-13(4)15-10-8-14(6-2)9-11-15/h1,8-13,16H,6-7H2,2-4H3. The van der Waals surface area contributed by atoms with Gasteiger partial charge in [-0.1, -0.05) is 31.2 Å². The van der Waals surface area contributed by atoms with Crippen LogP contribution in [0.25, 0.3) is 0 Å². The lowest BCUT2D eigenvalue weighted by molar-refractivity contribution is 0.486. The van der Waals surface area contributed by atoms with E-state index in [1.54, 1.807) is 0 Å². The van der Waals surface area contributed by atoms with Crippen molar-refractivity contribution < 1.29 is 0 Å². The third-order valence-electron chi connectivity index (χ3n) is 2.85. The number of hydrogen-bond donors (Lipinski definition) is 1. The van der Waals surface area contributed by atoms with E-state index >= 15 is 0 Å². The lowest BCUT2D eigenvalue weighted by Crippen LogP contribution is -2.28. The largest absolute Gasteiger partial charge is 0.307 e. The fraction of sp³-hybridized carbons (Fsp3) is 0.467. The molecule has 0 heterocycles. The molecule has 0 aliphatic carbocycles. The van der Waals surface area contributed by atoms with E-state index in [-0.39, 0.29) is 0 Å². The molecule has 2 atom stereocenters. The summed E-state index contributed by atoms with van der Waals surface area (Å²) in [7, 11) is 0. The number of nitrogens with one attached hydrogen (secondary N) is 1. The summed E-state index contributed by atoms with van der Waals surface area (Å²) in [5.74, 6) is 2.68. The van der Waals surface area contributed by atoms with E-state index in [9.17, 15) is 0 Å². The molecule has 1 aromatic rings. The Hall–Kier alpha value is -1.26. The van der Waals surface area contributed by atoms with Crippen molar-refractivity contribution in [1.29, 1.82) is 0 Å². The van der Waals surface area contributed by atoms with E-state index in [1.165, 1.54) is 11.1 Å². The predicted molar refractivity (Wildman–Crippen MR) is 70.3 cm³/mol. The fourth-order valence-corrected chi connectivity index (χ4v) is 1.80. The fourth-order valence-electron chi connectivity index (χ4n) is 1.80. The molecule has 0 aromatic heterocycles. The van der Waals surface area contributed by atoms with Gasteiger partial charge in [0.05, 0.1) is 0 Å². The topological polar surface area (TPSA) is 12.0 Å². The normalized spacial score (nSPS) is 14.1. The molecule has 0 fully saturated rings. The van der Waals surface area contributed by atoms with E-state index in [4.69, 9.17) is 6.42 Å². The Balaban J connectivity index is 2.59. The molecule has 0 saturated heterocycles. The molecule has 16 heavy (non-hydrogen) atoms. The van der Waals surface area contributed by atoms with Crippen LogP contribution in [-0.4, -0.2) is 6.04 Å². The first-order chi connectivity index (χ1) is 7.67. The molecule has 0 radical (unpaired) electrons. The second-order valence-electron chi connectivity index (χ2n) is 4.29. The van der Waals surface area contributed by atoms with Gasteiger partial charge in [-0.2, -0.15) is 0 Å². The third kappa shape index (κ3) is 3.72. The SMILES string of the molecule is C#CCC(C)NC(C)c1ccc(CC)cc1. The molecule has 1 heteroatoms. The molecule has 1 N–H and O–H groups in total. The molecule has 0 aliphatic heterocycles. The van der Waals surface area contributed by atoms with Crippen molar-refractivity contribution in [2.45, 2.75) is 45.7 Å². The Labute approximate surface area is 99.3 Å². The Kier molecular flexibility index (Phi) is 5.08. The molecule has 0 aliphatic rings. The van der Waals surface area contributed by atoms with Crippen molar-refractivity contribution in [3.8, 4) is 12.3 Å². The maximum atomic E-state index is 5.29. The lowest BCUT2D eigenvalue weighted by Gasteiger charge is -2.19. The van der Waals surface area contributed by atoms with E-state index in [2.05, 4.69) is 56.3 Å². The summed E-state index contributed by atoms with van der Waals surface area (Å²) in [5.41, 5.74) is 2.70. The first kappa shape index (κ1) is 12.8. The molecule has 86 valence electrons. The van der Waals surface area contributed by atoms with Crippen LogP contribution >= 0.6 is 0 Å². The summed E-state index contributed by atoms with van der Waals surface area (Å²) >= 11 is 0. The van der Waals surface area contributed by atoms with Gasteiger partial charge in [0.2, 0.25) is 0 Å². The van der Waals surface area contributed by atoms with Crippen LogP contribution < -0.4 is 5.32 Å². The quantitative estimate of drug-likeness (QED) is 0.743. The summed E-state index contributed by atoms with van der Waals surface area (Å²) < 4.78 is 0. The molecular formula is C15H21N. The number of aryl methyl sites for hydroxylation is 1. The van der Waals surface area contributed by atoms with Gasteiger partial charge in [0.25, 0.3) is 0 Å². The van der Waals surface area contributed by atoms with Gasteiger partial charge in [0.15, 0.2) is 0 Å². The second-order valence-corrected chi connectivity index (χ2v) is 4.29. The third-order valence-corrected chi connectivity index (χ3v) is 2.85. The van der Waals surface area contributed by atoms with E-state index in [1.807, 2.05) is 0 Å². The van der Waals surface area contributed by atoms with Gasteiger partial charge in [-0.25, -0.2) is 0 Å². The zero-order chi connectivity index (χ0) is 12.0. The van der Waals surface area contributed by atoms with Gasteiger partial charge in [-0.05, 0) is 31.4 Å². The zero-order valence-electron chi connectivity index (χ0n) is 10.5. The van der Waals surface area contributed by atoms with Crippen LogP contribution in [0.3, 0.4) is 0 Å². The van der Waals surface area contributed by atoms with Crippen molar-refractivity contribution in [3.63, 3.8) is 0 Å². The summed E-state index contributed by atoms with van der Waals surface area (Å²) in [6.45, 7) is 6.47. The number of rotatable bonds is 5. The van der Waals surface area contributed by atoms with Gasteiger partial charge in [0, 0.05) is 18.5 Å². The van der Waals surface area contributed by atoms with Gasteiger partial charge < -0.3 is 5.32 Å². The van der Waals surface area contributed by atoms with E-state index < -0.39 is 0 Å². The maximum absolute atomic E-state index is 5.29. The summed E-state index contributed by atoms with van der Waals surface area (Å²) in [5, 5.41) is 3.49. The van der Waals surface area contributed by atoms with Gasteiger partial charge in [-0.3, -0.25) is 0 Å². The second kappa shape index (κ2) is 6.35. The first-order valence-electron chi connectivity index (χ1n) is 5.95. The molecule has 0 spiro atoms. The minimum atomic E-state index is 0.356. The van der Waals surface area contributed by atoms with Crippen LogP contribution in [0.1, 0.15) is 44.4 Å². The zero-order valence-corrected chi connectivity index (χ0v) is 10.5. The molecule has 1 rings (SSSR count). The monoisotopic (exact) mass is 215 g/mol. The first-order valence-corrected chi connectivity index (χ1v) is 5.95. The highest BCUT2D eigenvalue weighted by Crippen LogP contribution is 2.14. The lowest BCUT2D eigenvalue weighted by atomic mass is 10.0. The van der Waals surface area contributed by atoms with Crippen molar-refractivity contribution >= 4 is 0 Å². The Bertz CT molecular complexity index is 345. The minimum Gasteiger partial charge on any atom is -0.307 e. The predicted octanol–water partition coefficient (Wildman–Crippen LogP) is 3.31. The van der Waals surface area contributed by atoms with Crippen LogP contribution in [0, 0.1) is 12.3 Å². The van der Waals surface area contributed by atoms with Crippen LogP contribution in [0.5, 0.6) is 0 Å². The molecule has 1 aromatic carbocycles. The van der Waals surface area contributed by atoms with Crippen molar-refractivity contribution in [2.24, 2.45) is 0 Å². The average Bonchev–Trinajstić information content (AvgIpc) is 2.29. The Morgan fingerprint density at radius 1 is 1.25 bits per heavy atom. The molecular weight excluding hydrogens is 194 g/mol. The highest BCUT2D eigenvalue weighted by Gasteiger charge is 2.08. The maximum Gasteiger partial charge on any atom is 0.0294 e. The van der Waals surface area contributed by atoms with Crippen LogP contribution in [0.4, 0.5) is 0 Å². The number of hydrogen-bond acceptors (Lipinski definition) is 1. The van der Waals surface area contributed by atoms with Crippen LogP contribution in [0.2, 0.25) is 0 Å².